The van der Waals surface area contributed by atoms with E-state index in [0.29, 0.717) is 34.3 Å². The van der Waals surface area contributed by atoms with Crippen LogP contribution >= 0.6 is 11.6 Å². The molecule has 21 heavy (non-hydrogen) atoms. The monoisotopic (exact) mass is 304 g/mol. The second kappa shape index (κ2) is 6.99. The van der Waals surface area contributed by atoms with Crippen molar-refractivity contribution in [3.8, 4) is 5.75 Å². The molecule has 0 heterocycles. The van der Waals surface area contributed by atoms with Gasteiger partial charge < -0.3 is 15.8 Å². The van der Waals surface area contributed by atoms with Crippen molar-refractivity contribution in [2.24, 2.45) is 0 Å². The molecule has 0 atom stereocenters. The Morgan fingerprint density at radius 3 is 2.86 bits per heavy atom. The van der Waals surface area contributed by atoms with E-state index in [-0.39, 0.29) is 5.91 Å². The molecule has 0 spiro atoms. The molecule has 2 aromatic carbocycles. The lowest BCUT2D eigenvalue weighted by Gasteiger charge is -2.09. The van der Waals surface area contributed by atoms with Gasteiger partial charge in [0.15, 0.2) is 0 Å². The number of carbonyl (C=O) groups excluding carboxylic acids is 1. The summed E-state index contributed by atoms with van der Waals surface area (Å²) in [7, 11) is 0. The molecular weight excluding hydrogens is 288 g/mol. The first kappa shape index (κ1) is 15.2. The average molecular weight is 305 g/mol. The number of nitrogen functional groups attached to an aromatic ring is 1. The van der Waals surface area contributed by atoms with Crippen LogP contribution in [0.1, 0.15) is 23.7 Å². The maximum Gasteiger partial charge on any atom is 0.255 e. The average Bonchev–Trinajstić information content (AvgIpc) is 2.49. The van der Waals surface area contributed by atoms with Crippen molar-refractivity contribution in [1.82, 2.24) is 0 Å². The molecule has 0 saturated carbocycles. The van der Waals surface area contributed by atoms with Gasteiger partial charge in [-0.25, -0.2) is 0 Å². The van der Waals surface area contributed by atoms with Crippen molar-refractivity contribution in [2.75, 3.05) is 17.7 Å². The van der Waals surface area contributed by atoms with Gasteiger partial charge in [-0.1, -0.05) is 24.6 Å². The van der Waals surface area contributed by atoms with Crippen LogP contribution in [0.3, 0.4) is 0 Å². The highest BCUT2D eigenvalue weighted by Gasteiger charge is 2.09. The lowest BCUT2D eigenvalue weighted by molar-refractivity contribution is 0.102. The summed E-state index contributed by atoms with van der Waals surface area (Å²) in [5.74, 6) is 0.410. The Morgan fingerprint density at radius 1 is 1.29 bits per heavy atom. The molecule has 110 valence electrons. The standard InChI is InChI=1S/C16H17ClN2O2/c1-2-8-21-13-5-3-4-11(9-13)16(20)19-15-10-12(18)6-7-14(15)17/h3-7,9-10H,2,8,18H2,1H3,(H,19,20). The number of ether oxygens (including phenoxy) is 1. The van der Waals surface area contributed by atoms with Crippen molar-refractivity contribution in [1.29, 1.82) is 0 Å². The Balaban J connectivity index is 2.14. The highest BCUT2D eigenvalue weighted by molar-refractivity contribution is 6.34. The quantitative estimate of drug-likeness (QED) is 0.822. The molecule has 0 fully saturated rings. The Bertz CT molecular complexity index is 644. The Labute approximate surface area is 128 Å². The van der Waals surface area contributed by atoms with E-state index in [1.54, 1.807) is 36.4 Å². The molecule has 0 saturated heterocycles. The molecule has 1 amide bonds. The summed E-state index contributed by atoms with van der Waals surface area (Å²) in [5.41, 5.74) is 7.22. The summed E-state index contributed by atoms with van der Waals surface area (Å²) in [6.07, 6.45) is 0.912. The first-order valence-electron chi connectivity index (χ1n) is 6.69. The van der Waals surface area contributed by atoms with Gasteiger partial charge >= 0.3 is 0 Å². The number of rotatable bonds is 5. The molecule has 0 aliphatic heterocycles. The zero-order chi connectivity index (χ0) is 15.2. The summed E-state index contributed by atoms with van der Waals surface area (Å²) in [4.78, 5) is 12.2. The fraction of sp³-hybridized carbons (Fsp3) is 0.188. The third-order valence-electron chi connectivity index (χ3n) is 2.81. The van der Waals surface area contributed by atoms with Gasteiger partial charge in [0.1, 0.15) is 5.75 Å². The van der Waals surface area contributed by atoms with Crippen molar-refractivity contribution >= 4 is 28.9 Å². The van der Waals surface area contributed by atoms with Gasteiger partial charge in [0.05, 0.1) is 17.3 Å². The fourth-order valence-electron chi connectivity index (χ4n) is 1.78. The SMILES string of the molecule is CCCOc1cccc(C(=O)Nc2cc(N)ccc2Cl)c1. The Morgan fingerprint density at radius 2 is 2.10 bits per heavy atom. The van der Waals surface area contributed by atoms with Gasteiger partial charge in [0, 0.05) is 11.3 Å². The van der Waals surface area contributed by atoms with Crippen molar-refractivity contribution in [2.45, 2.75) is 13.3 Å². The summed E-state index contributed by atoms with van der Waals surface area (Å²) in [6, 6.07) is 12.0. The number of benzene rings is 2. The summed E-state index contributed by atoms with van der Waals surface area (Å²) in [5, 5.41) is 3.18. The summed E-state index contributed by atoms with van der Waals surface area (Å²) in [6.45, 7) is 2.64. The maximum absolute atomic E-state index is 12.2. The topological polar surface area (TPSA) is 64.3 Å². The molecule has 0 aliphatic carbocycles. The van der Waals surface area contributed by atoms with Crippen LogP contribution in [0.2, 0.25) is 5.02 Å². The van der Waals surface area contributed by atoms with E-state index in [9.17, 15) is 4.79 Å². The van der Waals surface area contributed by atoms with E-state index >= 15 is 0 Å². The first-order chi connectivity index (χ1) is 10.1. The highest BCUT2D eigenvalue weighted by Crippen LogP contribution is 2.25. The van der Waals surface area contributed by atoms with Crippen LogP contribution in [0.5, 0.6) is 5.75 Å². The van der Waals surface area contributed by atoms with Crippen LogP contribution in [0.4, 0.5) is 11.4 Å². The molecule has 0 aliphatic rings. The van der Waals surface area contributed by atoms with Crippen molar-refractivity contribution < 1.29 is 9.53 Å². The van der Waals surface area contributed by atoms with Gasteiger partial charge in [-0.15, -0.1) is 0 Å². The van der Waals surface area contributed by atoms with Crippen LogP contribution in [0.15, 0.2) is 42.5 Å². The van der Waals surface area contributed by atoms with Gasteiger partial charge in [-0.3, -0.25) is 4.79 Å². The lowest BCUT2D eigenvalue weighted by Crippen LogP contribution is -2.12. The second-order valence-electron chi connectivity index (χ2n) is 4.57. The Kier molecular flexibility index (Phi) is 5.06. The fourth-order valence-corrected chi connectivity index (χ4v) is 1.94. The number of hydrogen-bond donors (Lipinski definition) is 2. The number of anilines is 2. The summed E-state index contributed by atoms with van der Waals surface area (Å²) >= 11 is 6.03. The highest BCUT2D eigenvalue weighted by atomic mass is 35.5. The molecule has 0 aromatic heterocycles. The zero-order valence-corrected chi connectivity index (χ0v) is 12.5. The lowest BCUT2D eigenvalue weighted by atomic mass is 10.2. The van der Waals surface area contributed by atoms with Gasteiger partial charge in [0.2, 0.25) is 0 Å². The summed E-state index contributed by atoms with van der Waals surface area (Å²) < 4.78 is 5.51. The minimum absolute atomic E-state index is 0.260. The molecule has 0 bridgehead atoms. The number of amides is 1. The molecule has 0 unspecified atom stereocenters. The predicted molar refractivity (Wildman–Crippen MR) is 86.0 cm³/mol. The van der Waals surface area contributed by atoms with Crippen LogP contribution in [-0.4, -0.2) is 12.5 Å². The van der Waals surface area contributed by atoms with E-state index in [0.717, 1.165) is 6.42 Å². The van der Waals surface area contributed by atoms with Crippen LogP contribution in [0, 0.1) is 0 Å². The maximum atomic E-state index is 12.2. The molecule has 2 rings (SSSR count). The van der Waals surface area contributed by atoms with Crippen molar-refractivity contribution in [3.63, 3.8) is 0 Å². The first-order valence-corrected chi connectivity index (χ1v) is 7.07. The largest absolute Gasteiger partial charge is 0.494 e. The van der Waals surface area contributed by atoms with Gasteiger partial charge in [-0.05, 0) is 42.8 Å². The zero-order valence-electron chi connectivity index (χ0n) is 11.7. The molecule has 3 N–H and O–H groups in total. The van der Waals surface area contributed by atoms with Crippen LogP contribution < -0.4 is 15.8 Å². The van der Waals surface area contributed by atoms with Crippen molar-refractivity contribution in [3.05, 3.63) is 53.1 Å². The van der Waals surface area contributed by atoms with E-state index in [1.165, 1.54) is 0 Å². The van der Waals surface area contributed by atoms with Crippen LogP contribution in [0.25, 0.3) is 0 Å². The minimum atomic E-state index is -0.260. The number of carbonyl (C=O) groups is 1. The van der Waals surface area contributed by atoms with E-state index in [2.05, 4.69) is 5.32 Å². The number of hydrogen-bond acceptors (Lipinski definition) is 3. The number of halogens is 1. The number of nitrogens with two attached hydrogens (primary N) is 1. The third-order valence-corrected chi connectivity index (χ3v) is 3.14. The minimum Gasteiger partial charge on any atom is -0.494 e. The number of nitrogens with one attached hydrogen (secondary N) is 1. The van der Waals surface area contributed by atoms with Gasteiger partial charge in [0.25, 0.3) is 5.91 Å². The van der Waals surface area contributed by atoms with Gasteiger partial charge in [-0.2, -0.15) is 0 Å². The molecule has 4 nitrogen and oxygen atoms in total. The van der Waals surface area contributed by atoms with E-state index < -0.39 is 0 Å². The third kappa shape index (κ3) is 4.13. The molecule has 5 heteroatoms. The normalized spacial score (nSPS) is 10.2. The predicted octanol–water partition coefficient (Wildman–Crippen LogP) is 3.96. The smallest absolute Gasteiger partial charge is 0.255 e. The molecular formula is C16H17ClN2O2. The van der Waals surface area contributed by atoms with Crippen LogP contribution in [-0.2, 0) is 0 Å². The second-order valence-corrected chi connectivity index (χ2v) is 4.98. The molecule has 0 radical (unpaired) electrons. The van der Waals surface area contributed by atoms with E-state index in [1.807, 2.05) is 13.0 Å². The molecule has 2 aromatic rings. The Hall–Kier alpha value is -2.20. The van der Waals surface area contributed by atoms with E-state index in [4.69, 9.17) is 22.1 Å².